The van der Waals surface area contributed by atoms with Gasteiger partial charge in [-0.2, -0.15) is 0 Å². The fraction of sp³-hybridized carbons (Fsp3) is 0.0476. The van der Waals surface area contributed by atoms with Crippen molar-refractivity contribution in [3.8, 4) is 44.9 Å². The van der Waals surface area contributed by atoms with E-state index < -0.39 is 0 Å². The van der Waals surface area contributed by atoms with Crippen LogP contribution in [-0.2, 0) is 0 Å². The lowest BCUT2D eigenvalue weighted by atomic mass is 9.83. The number of phenols is 2. The Morgan fingerprint density at radius 3 is 1.18 bits per heavy atom. The number of hydrogen-bond acceptors (Lipinski definition) is 2. The largest absolute Gasteiger partial charge is 0.507 e. The summed E-state index contributed by atoms with van der Waals surface area (Å²) in [6, 6.07) is 45.7. The number of aryl methyl sites for hydroxylation is 2. The fourth-order valence-corrected chi connectivity index (χ4v) is 6.86. The van der Waals surface area contributed by atoms with Gasteiger partial charge in [-0.3, -0.25) is 0 Å². The van der Waals surface area contributed by atoms with E-state index in [0.717, 1.165) is 76.5 Å². The van der Waals surface area contributed by atoms with E-state index in [1.165, 1.54) is 0 Å². The Bertz CT molecular complexity index is 2230. The Labute approximate surface area is 256 Å². The van der Waals surface area contributed by atoms with Crippen LogP contribution < -0.4 is 0 Å². The van der Waals surface area contributed by atoms with Gasteiger partial charge in [0, 0.05) is 21.9 Å². The average Bonchev–Trinajstić information content (AvgIpc) is 3.05. The number of phenolic OH excluding ortho intramolecular Hbond substituents is 2. The van der Waals surface area contributed by atoms with Crippen LogP contribution in [0.25, 0.3) is 76.5 Å². The van der Waals surface area contributed by atoms with Crippen molar-refractivity contribution in [2.24, 2.45) is 0 Å². The lowest BCUT2D eigenvalue weighted by Gasteiger charge is -2.22. The first-order valence-electron chi connectivity index (χ1n) is 15.0. The summed E-state index contributed by atoms with van der Waals surface area (Å²) in [5.41, 5.74) is 7.25. The molecule has 0 fully saturated rings. The monoisotopic (exact) mass is 566 g/mol. The van der Waals surface area contributed by atoms with E-state index >= 15 is 0 Å². The van der Waals surface area contributed by atoms with Gasteiger partial charge >= 0.3 is 0 Å². The summed E-state index contributed by atoms with van der Waals surface area (Å²) >= 11 is 0. The van der Waals surface area contributed by atoms with Gasteiger partial charge in [0.2, 0.25) is 0 Å². The zero-order chi connectivity index (χ0) is 29.9. The maximum absolute atomic E-state index is 12.5. The summed E-state index contributed by atoms with van der Waals surface area (Å²) in [5.74, 6) is 0.331. The number of hydrogen-bond donors (Lipinski definition) is 2. The molecule has 2 N–H and O–H groups in total. The van der Waals surface area contributed by atoms with Crippen molar-refractivity contribution in [2.45, 2.75) is 13.8 Å². The molecular formula is C42H30O2. The van der Waals surface area contributed by atoms with Crippen molar-refractivity contribution < 1.29 is 10.2 Å². The third-order valence-corrected chi connectivity index (χ3v) is 8.92. The number of aromatic hydroxyl groups is 2. The van der Waals surface area contributed by atoms with Gasteiger partial charge in [0.05, 0.1) is 0 Å². The average molecular weight is 567 g/mol. The first-order valence-corrected chi connectivity index (χ1v) is 15.0. The zero-order valence-electron chi connectivity index (χ0n) is 24.6. The van der Waals surface area contributed by atoms with Crippen LogP contribution in [0.15, 0.2) is 133 Å². The highest BCUT2D eigenvalue weighted by Gasteiger charge is 2.25. The zero-order valence-corrected chi connectivity index (χ0v) is 24.6. The number of benzene rings is 8. The minimum atomic E-state index is 0.165. The molecule has 0 spiro atoms. The van der Waals surface area contributed by atoms with Gasteiger partial charge in [0.15, 0.2) is 0 Å². The molecule has 2 nitrogen and oxygen atoms in total. The summed E-state index contributed by atoms with van der Waals surface area (Å²) in [6.07, 6.45) is 0. The molecule has 2 heteroatoms. The van der Waals surface area contributed by atoms with Crippen LogP contribution in [-0.4, -0.2) is 10.2 Å². The highest BCUT2D eigenvalue weighted by Crippen LogP contribution is 2.53. The second-order valence-corrected chi connectivity index (χ2v) is 11.8. The second-order valence-electron chi connectivity index (χ2n) is 11.8. The predicted octanol–water partition coefficient (Wildman–Crippen LogP) is 11.3. The maximum atomic E-state index is 12.5. The third-order valence-electron chi connectivity index (χ3n) is 8.92. The molecule has 0 bridgehead atoms. The second kappa shape index (κ2) is 10.00. The van der Waals surface area contributed by atoms with E-state index in [-0.39, 0.29) is 11.5 Å². The van der Waals surface area contributed by atoms with E-state index in [1.54, 1.807) is 0 Å². The highest BCUT2D eigenvalue weighted by molar-refractivity contribution is 6.20. The molecule has 0 unspecified atom stereocenters. The van der Waals surface area contributed by atoms with Gasteiger partial charge in [0.25, 0.3) is 0 Å². The molecule has 0 aliphatic heterocycles. The molecule has 0 saturated heterocycles. The SMILES string of the molecule is Cc1ccc2c(ccc3cc(-c4ccccc4)c(-c4c(-c5ccccc5)cc5ccc6cc(C)ccc6c5c4O)c(O)c32)c1. The Morgan fingerprint density at radius 2 is 0.773 bits per heavy atom. The van der Waals surface area contributed by atoms with Crippen LogP contribution in [0, 0.1) is 13.8 Å². The van der Waals surface area contributed by atoms with Crippen molar-refractivity contribution in [1.29, 1.82) is 0 Å². The van der Waals surface area contributed by atoms with Crippen molar-refractivity contribution in [2.75, 3.05) is 0 Å². The van der Waals surface area contributed by atoms with Gasteiger partial charge < -0.3 is 10.2 Å². The van der Waals surface area contributed by atoms with Gasteiger partial charge in [-0.1, -0.05) is 132 Å². The molecule has 0 aliphatic rings. The molecule has 0 saturated carbocycles. The van der Waals surface area contributed by atoms with E-state index in [1.807, 2.05) is 36.4 Å². The lowest BCUT2D eigenvalue weighted by molar-refractivity contribution is 0.476. The van der Waals surface area contributed by atoms with Crippen LogP contribution in [0.1, 0.15) is 11.1 Å². The fourth-order valence-electron chi connectivity index (χ4n) is 6.86. The molecule has 0 amide bonds. The summed E-state index contributed by atoms with van der Waals surface area (Å²) in [7, 11) is 0. The van der Waals surface area contributed by atoms with Crippen LogP contribution in [0.3, 0.4) is 0 Å². The molecule has 8 aromatic rings. The first kappa shape index (κ1) is 26.1. The number of fused-ring (bicyclic) bond motifs is 6. The van der Waals surface area contributed by atoms with Crippen LogP contribution in [0.2, 0.25) is 0 Å². The highest BCUT2D eigenvalue weighted by atomic mass is 16.3. The lowest BCUT2D eigenvalue weighted by Crippen LogP contribution is -1.94. The summed E-state index contributed by atoms with van der Waals surface area (Å²) in [5, 5.41) is 32.6. The van der Waals surface area contributed by atoms with Gasteiger partial charge in [-0.15, -0.1) is 0 Å². The van der Waals surface area contributed by atoms with E-state index in [9.17, 15) is 10.2 Å². The molecule has 0 aliphatic carbocycles. The molecular weight excluding hydrogens is 536 g/mol. The molecule has 0 radical (unpaired) electrons. The molecule has 0 aromatic heterocycles. The van der Waals surface area contributed by atoms with Crippen LogP contribution in [0.4, 0.5) is 0 Å². The summed E-state index contributed by atoms with van der Waals surface area (Å²) in [4.78, 5) is 0. The quantitative estimate of drug-likeness (QED) is 0.209. The van der Waals surface area contributed by atoms with Gasteiger partial charge in [-0.25, -0.2) is 0 Å². The van der Waals surface area contributed by atoms with E-state index in [4.69, 9.17) is 0 Å². The third kappa shape index (κ3) is 4.03. The van der Waals surface area contributed by atoms with E-state index in [2.05, 4.69) is 111 Å². The predicted molar refractivity (Wildman–Crippen MR) is 186 cm³/mol. The van der Waals surface area contributed by atoms with Crippen molar-refractivity contribution in [1.82, 2.24) is 0 Å². The maximum Gasteiger partial charge on any atom is 0.132 e. The normalized spacial score (nSPS) is 11.6. The van der Waals surface area contributed by atoms with Crippen LogP contribution >= 0.6 is 0 Å². The smallest absolute Gasteiger partial charge is 0.132 e. The first-order chi connectivity index (χ1) is 21.5. The Kier molecular flexibility index (Phi) is 5.92. The molecule has 44 heavy (non-hydrogen) atoms. The number of rotatable bonds is 3. The van der Waals surface area contributed by atoms with Crippen molar-refractivity contribution >= 4 is 43.1 Å². The Balaban J connectivity index is 1.60. The Morgan fingerprint density at radius 1 is 0.386 bits per heavy atom. The molecule has 0 heterocycles. The molecule has 210 valence electrons. The minimum absolute atomic E-state index is 0.165. The standard InChI is InChI=1S/C42H30O2/c1-25-13-19-33-29(21-25)15-17-31-23-35(27-9-5-3-6-10-27)39(41(43)37(31)33)40-36(28-11-7-4-8-12-28)24-32-18-16-30-22-26(2)14-20-34(30)38(32)42(40)44/h3-24,43-44H,1-2H3. The van der Waals surface area contributed by atoms with Crippen LogP contribution in [0.5, 0.6) is 11.5 Å². The Hall–Kier alpha value is -5.60. The van der Waals surface area contributed by atoms with Gasteiger partial charge in [-0.05, 0) is 80.6 Å². The van der Waals surface area contributed by atoms with Crippen molar-refractivity contribution in [3.63, 3.8) is 0 Å². The molecule has 0 atom stereocenters. The summed E-state index contributed by atoms with van der Waals surface area (Å²) < 4.78 is 0. The minimum Gasteiger partial charge on any atom is -0.507 e. The van der Waals surface area contributed by atoms with Crippen molar-refractivity contribution in [3.05, 3.63) is 145 Å². The van der Waals surface area contributed by atoms with E-state index in [0.29, 0.717) is 11.1 Å². The molecule has 8 rings (SSSR count). The topological polar surface area (TPSA) is 40.5 Å². The molecule has 8 aromatic carbocycles. The summed E-state index contributed by atoms with van der Waals surface area (Å²) in [6.45, 7) is 4.16. The van der Waals surface area contributed by atoms with Gasteiger partial charge in [0.1, 0.15) is 11.5 Å².